The van der Waals surface area contributed by atoms with Crippen LogP contribution in [0.2, 0.25) is 10.0 Å². The van der Waals surface area contributed by atoms with Gasteiger partial charge in [0, 0.05) is 48.5 Å². The molecular weight excluding hydrogens is 369 g/mol. The highest BCUT2D eigenvalue weighted by Gasteiger charge is 2.29. The molecule has 3 aromatic rings. The molecule has 0 saturated carbocycles. The van der Waals surface area contributed by atoms with Crippen LogP contribution >= 0.6 is 23.2 Å². The molecule has 0 aliphatic carbocycles. The molecule has 1 aliphatic heterocycles. The zero-order chi connectivity index (χ0) is 18.4. The van der Waals surface area contributed by atoms with Crippen molar-refractivity contribution >= 4 is 23.2 Å². The lowest BCUT2D eigenvalue weighted by atomic mass is 9.84. The maximum Gasteiger partial charge on any atom is 0.332 e. The smallest absolute Gasteiger partial charge is 0.302 e. The fourth-order valence-corrected chi connectivity index (χ4v) is 4.33. The molecule has 0 amide bonds. The number of nitrogens with zero attached hydrogens (tertiary/aromatic N) is 3. The number of hydrogen-bond donors (Lipinski definition) is 0. The van der Waals surface area contributed by atoms with Gasteiger partial charge < -0.3 is 9.47 Å². The molecule has 1 unspecified atom stereocenters. The molecule has 26 heavy (non-hydrogen) atoms. The molecule has 2 aromatic carbocycles. The van der Waals surface area contributed by atoms with Crippen LogP contribution in [0.15, 0.2) is 53.6 Å². The maximum atomic E-state index is 12.5. The minimum absolute atomic E-state index is 0.0639. The standard InChI is InChI=1S/C20H19Cl2N3O/c1-23-11-16(15-9-13(21)10-18(22)17(15)12-23)14-5-3-4-6-19(14)25-8-7-24(2)20(25)26/h3-10,16H,11-12H2,1-2H3. The number of aromatic nitrogens is 2. The van der Waals surface area contributed by atoms with Crippen molar-refractivity contribution in [3.63, 3.8) is 0 Å². The summed E-state index contributed by atoms with van der Waals surface area (Å²) in [4.78, 5) is 14.7. The van der Waals surface area contributed by atoms with Crippen molar-refractivity contribution in [2.45, 2.75) is 12.5 Å². The van der Waals surface area contributed by atoms with E-state index in [1.54, 1.807) is 34.6 Å². The second-order valence-electron chi connectivity index (χ2n) is 6.83. The van der Waals surface area contributed by atoms with E-state index in [1.165, 1.54) is 0 Å². The first-order valence-corrected chi connectivity index (χ1v) is 9.21. The van der Waals surface area contributed by atoms with Crippen LogP contribution in [0.25, 0.3) is 5.69 Å². The van der Waals surface area contributed by atoms with Crippen molar-refractivity contribution in [2.24, 2.45) is 7.05 Å². The number of hydrogen-bond acceptors (Lipinski definition) is 2. The van der Waals surface area contributed by atoms with E-state index < -0.39 is 0 Å². The van der Waals surface area contributed by atoms with E-state index >= 15 is 0 Å². The Morgan fingerprint density at radius 3 is 2.54 bits per heavy atom. The minimum atomic E-state index is -0.0639. The molecule has 4 nitrogen and oxygen atoms in total. The molecule has 4 rings (SSSR count). The quantitative estimate of drug-likeness (QED) is 0.663. The third-order valence-electron chi connectivity index (χ3n) is 5.01. The van der Waals surface area contributed by atoms with Crippen molar-refractivity contribution in [1.82, 2.24) is 14.0 Å². The Balaban J connectivity index is 1.93. The van der Waals surface area contributed by atoms with Gasteiger partial charge in [-0.05, 0) is 41.9 Å². The molecule has 1 aliphatic rings. The van der Waals surface area contributed by atoms with Gasteiger partial charge in [-0.1, -0.05) is 41.4 Å². The first-order chi connectivity index (χ1) is 12.5. The van der Waals surface area contributed by atoms with E-state index in [2.05, 4.69) is 18.0 Å². The van der Waals surface area contributed by atoms with E-state index in [0.717, 1.165) is 35.5 Å². The number of aryl methyl sites for hydroxylation is 1. The molecule has 134 valence electrons. The largest absolute Gasteiger partial charge is 0.332 e. The summed E-state index contributed by atoms with van der Waals surface area (Å²) < 4.78 is 3.27. The summed E-state index contributed by atoms with van der Waals surface area (Å²) in [6.07, 6.45) is 3.58. The lowest BCUT2D eigenvalue weighted by Crippen LogP contribution is -2.32. The Morgan fingerprint density at radius 2 is 1.81 bits per heavy atom. The first-order valence-electron chi connectivity index (χ1n) is 8.45. The second kappa shape index (κ2) is 6.62. The summed E-state index contributed by atoms with van der Waals surface area (Å²) in [5.74, 6) is 0.0863. The molecule has 6 heteroatoms. The lowest BCUT2D eigenvalue weighted by molar-refractivity contribution is 0.295. The normalized spacial score (nSPS) is 17.3. The molecule has 0 saturated heterocycles. The number of benzene rings is 2. The van der Waals surface area contributed by atoms with Crippen LogP contribution in [0.4, 0.5) is 0 Å². The van der Waals surface area contributed by atoms with Gasteiger partial charge in [-0.15, -0.1) is 0 Å². The van der Waals surface area contributed by atoms with Gasteiger partial charge in [0.2, 0.25) is 0 Å². The predicted molar refractivity (Wildman–Crippen MR) is 106 cm³/mol. The van der Waals surface area contributed by atoms with E-state index in [1.807, 2.05) is 24.3 Å². The van der Waals surface area contributed by atoms with Gasteiger partial charge in [0.25, 0.3) is 0 Å². The van der Waals surface area contributed by atoms with Gasteiger partial charge in [0.15, 0.2) is 0 Å². The van der Waals surface area contributed by atoms with E-state index in [9.17, 15) is 4.79 Å². The molecule has 0 radical (unpaired) electrons. The van der Waals surface area contributed by atoms with Crippen molar-refractivity contribution in [2.75, 3.05) is 13.6 Å². The SMILES string of the molecule is CN1Cc2c(Cl)cc(Cl)cc2C(c2ccccc2-n2ccn(C)c2=O)C1. The molecule has 1 aromatic heterocycles. The zero-order valence-electron chi connectivity index (χ0n) is 14.6. The highest BCUT2D eigenvalue weighted by Crippen LogP contribution is 2.39. The average Bonchev–Trinajstić information content (AvgIpc) is 2.94. The van der Waals surface area contributed by atoms with Crippen LogP contribution in [0.1, 0.15) is 22.6 Å². The Bertz CT molecular complexity index is 1040. The molecular formula is C20H19Cl2N3O. The van der Waals surface area contributed by atoms with Gasteiger partial charge in [-0.2, -0.15) is 0 Å². The minimum Gasteiger partial charge on any atom is -0.302 e. The number of fused-ring (bicyclic) bond motifs is 1. The maximum absolute atomic E-state index is 12.5. The monoisotopic (exact) mass is 387 g/mol. The van der Waals surface area contributed by atoms with E-state index in [0.29, 0.717) is 10.0 Å². The molecule has 0 N–H and O–H groups in total. The third-order valence-corrected chi connectivity index (χ3v) is 5.57. The van der Waals surface area contributed by atoms with Gasteiger partial charge >= 0.3 is 5.69 Å². The fraction of sp³-hybridized carbons (Fsp3) is 0.250. The summed E-state index contributed by atoms with van der Waals surface area (Å²) in [5.41, 5.74) is 4.15. The number of halogens is 2. The van der Waals surface area contributed by atoms with Gasteiger partial charge in [0.1, 0.15) is 0 Å². The van der Waals surface area contributed by atoms with Gasteiger partial charge in [0.05, 0.1) is 5.69 Å². The van der Waals surface area contributed by atoms with Crippen LogP contribution in [0.3, 0.4) is 0 Å². The topological polar surface area (TPSA) is 30.2 Å². The second-order valence-corrected chi connectivity index (χ2v) is 7.67. The summed E-state index contributed by atoms with van der Waals surface area (Å²) in [6, 6.07) is 11.8. The van der Waals surface area contributed by atoms with E-state index in [-0.39, 0.29) is 11.6 Å². The summed E-state index contributed by atoms with van der Waals surface area (Å²) >= 11 is 12.8. The van der Waals surface area contributed by atoms with Crippen molar-refractivity contribution in [3.05, 3.63) is 86.0 Å². The third kappa shape index (κ3) is 2.88. The van der Waals surface area contributed by atoms with Gasteiger partial charge in [-0.3, -0.25) is 4.57 Å². The number of likely N-dealkylation sites (N-methyl/N-ethyl adjacent to an activating group) is 1. The van der Waals surface area contributed by atoms with Crippen molar-refractivity contribution in [1.29, 1.82) is 0 Å². The molecule has 0 fully saturated rings. The first kappa shape index (κ1) is 17.4. The Kier molecular flexibility index (Phi) is 4.43. The van der Waals surface area contributed by atoms with Gasteiger partial charge in [-0.25, -0.2) is 4.79 Å². The summed E-state index contributed by atoms with van der Waals surface area (Å²) in [7, 11) is 3.84. The summed E-state index contributed by atoms with van der Waals surface area (Å²) in [6.45, 7) is 1.62. The van der Waals surface area contributed by atoms with Crippen LogP contribution in [0.5, 0.6) is 0 Å². The molecule has 0 bridgehead atoms. The van der Waals surface area contributed by atoms with Crippen LogP contribution < -0.4 is 5.69 Å². The number of rotatable bonds is 2. The molecule has 0 spiro atoms. The van der Waals surface area contributed by atoms with Crippen LogP contribution in [-0.4, -0.2) is 27.6 Å². The number of para-hydroxylation sites is 1. The molecule has 1 atom stereocenters. The van der Waals surface area contributed by atoms with Crippen LogP contribution in [0, 0.1) is 0 Å². The Morgan fingerprint density at radius 1 is 1.04 bits per heavy atom. The van der Waals surface area contributed by atoms with E-state index in [4.69, 9.17) is 23.2 Å². The Hall–Kier alpha value is -2.01. The van der Waals surface area contributed by atoms with Crippen LogP contribution in [-0.2, 0) is 13.6 Å². The Labute approximate surface area is 162 Å². The molecule has 2 heterocycles. The highest BCUT2D eigenvalue weighted by molar-refractivity contribution is 6.35. The predicted octanol–water partition coefficient (Wildman–Crippen LogP) is 4.06. The highest BCUT2D eigenvalue weighted by atomic mass is 35.5. The van der Waals surface area contributed by atoms with Crippen molar-refractivity contribution in [3.8, 4) is 5.69 Å². The fourth-order valence-electron chi connectivity index (χ4n) is 3.76. The lowest BCUT2D eigenvalue weighted by Gasteiger charge is -2.34. The zero-order valence-corrected chi connectivity index (χ0v) is 16.1. The van der Waals surface area contributed by atoms with Crippen molar-refractivity contribution < 1.29 is 0 Å². The average molecular weight is 388 g/mol. The number of imidazole rings is 1. The summed E-state index contributed by atoms with van der Waals surface area (Å²) in [5, 5.41) is 1.33.